The minimum Gasteiger partial charge on any atom is -0.494 e. The molecule has 0 spiro atoms. The molecule has 1 fully saturated rings. The van der Waals surface area contributed by atoms with E-state index in [0.717, 1.165) is 42.6 Å². The van der Waals surface area contributed by atoms with E-state index in [-0.39, 0.29) is 40.7 Å². The highest BCUT2D eigenvalue weighted by atomic mass is 33.1. The third-order valence-corrected chi connectivity index (χ3v) is 10.2. The molecular weight excluding hydrogens is 731 g/mol. The highest BCUT2D eigenvalue weighted by molar-refractivity contribution is 8.76. The van der Waals surface area contributed by atoms with E-state index in [2.05, 4.69) is 36.8 Å². The van der Waals surface area contributed by atoms with E-state index in [0.29, 0.717) is 70.3 Å². The van der Waals surface area contributed by atoms with Crippen LogP contribution in [0.3, 0.4) is 0 Å². The molecule has 6 N–H and O–H groups in total. The third kappa shape index (κ3) is 22.7. The van der Waals surface area contributed by atoms with Crippen molar-refractivity contribution < 1.29 is 37.7 Å². The summed E-state index contributed by atoms with van der Waals surface area (Å²) in [4.78, 5) is 68.8. The summed E-state index contributed by atoms with van der Waals surface area (Å²) in [5.74, 6) is 3.58. The first-order valence-electron chi connectivity index (χ1n) is 18.0. The van der Waals surface area contributed by atoms with Crippen molar-refractivity contribution in [3.05, 3.63) is 29.8 Å². The van der Waals surface area contributed by atoms with Gasteiger partial charge in [-0.05, 0) is 62.3 Å². The van der Waals surface area contributed by atoms with Crippen LogP contribution in [0.15, 0.2) is 39.6 Å². The second-order valence-corrected chi connectivity index (χ2v) is 14.4. The number of likely N-dealkylation sites (tertiary alicyclic amines) is 1. The van der Waals surface area contributed by atoms with E-state index < -0.39 is 0 Å². The molecule has 1 atom stereocenters. The zero-order chi connectivity index (χ0) is 41.3. The number of imide groups is 1. The Labute approximate surface area is 322 Å². The number of thioether (sulfide) groups is 1. The minimum atomic E-state index is -0.232. The van der Waals surface area contributed by atoms with Gasteiger partial charge in [-0.1, -0.05) is 28.0 Å². The molecule has 0 bridgehead atoms. The lowest BCUT2D eigenvalue weighted by molar-refractivity contribution is -0.138. The standard InChI is InChI=1S/C13H19N3O2.C12H19N3O3S.C8H15N3O2S2/c1-10(16-14)11-5-7-12(8-6-11)18-9-3-4-13(17)15-2;1-13-14-10(16)6-4-3-5-7-15-11(17)8-9(19-2)12(15)18;1-9-7(12)3-5-14-15-6-4-8(13)11-10-2/h5-8H,3-4,9,14H2,1-2H3,(H,15,17);9H,1,3-8H2,2H3,(H,14,16);2-6H2,1H3,(H,9,12)(H,11,13)/b16-10+;;/i;1D;2D/hD. The number of ether oxygens (including phenoxy) is 1. The van der Waals surface area contributed by atoms with Crippen molar-refractivity contribution >= 4 is 87.9 Å². The van der Waals surface area contributed by atoms with Gasteiger partial charge < -0.3 is 21.2 Å². The molecule has 0 radical (unpaired) electrons. The number of nitrogens with one attached hydrogen (secondary N) is 4. The van der Waals surface area contributed by atoms with Crippen molar-refractivity contribution in [3.8, 4) is 5.75 Å². The maximum Gasteiger partial charge on any atom is 0.242 e. The number of amides is 6. The molecule has 1 aromatic rings. The normalized spacial score (nSPS) is 14.6. The molecule has 52 heavy (non-hydrogen) atoms. The van der Waals surface area contributed by atoms with Crippen LogP contribution in [0.2, 0.25) is 1.41 Å². The van der Waals surface area contributed by atoms with Gasteiger partial charge in [0.1, 0.15) is 5.75 Å². The highest BCUT2D eigenvalue weighted by Gasteiger charge is 2.37. The molecule has 2 rings (SSSR count). The second kappa shape index (κ2) is 30.5. The van der Waals surface area contributed by atoms with Gasteiger partial charge in [0.2, 0.25) is 35.4 Å². The fourth-order valence-corrected chi connectivity index (χ4v) is 6.59. The fourth-order valence-electron chi connectivity index (χ4n) is 3.98. The Kier molecular flexibility index (Phi) is 24.8. The first kappa shape index (κ1) is 42.3. The third-order valence-electron chi connectivity index (χ3n) is 6.87. The zero-order valence-corrected chi connectivity index (χ0v) is 32.6. The van der Waals surface area contributed by atoms with Crippen molar-refractivity contribution in [2.24, 2.45) is 21.1 Å². The Hall–Kier alpha value is -4.10. The highest BCUT2D eigenvalue weighted by Crippen LogP contribution is 2.24. The minimum absolute atomic E-state index is 0.0219. The van der Waals surface area contributed by atoms with Gasteiger partial charge in [0, 0.05) is 77.6 Å². The van der Waals surface area contributed by atoms with Crippen LogP contribution >= 0.6 is 33.3 Å². The maximum atomic E-state index is 11.8. The summed E-state index contributed by atoms with van der Waals surface area (Å²) in [6, 6.07) is 7.45. The van der Waals surface area contributed by atoms with E-state index in [1.165, 1.54) is 16.7 Å². The van der Waals surface area contributed by atoms with E-state index in [4.69, 9.17) is 8.89 Å². The largest absolute Gasteiger partial charge is 0.494 e. The monoisotopic (exact) mass is 786 g/mol. The molecule has 0 saturated carbocycles. The number of rotatable bonds is 23. The average Bonchev–Trinajstić information content (AvgIpc) is 3.47. The van der Waals surface area contributed by atoms with Gasteiger partial charge in [-0.15, -0.1) is 0 Å². The first-order valence-corrected chi connectivity index (χ1v) is 20.1. The van der Waals surface area contributed by atoms with Crippen molar-refractivity contribution in [1.29, 1.82) is 0 Å². The molecule has 19 heteroatoms. The van der Waals surface area contributed by atoms with Gasteiger partial charge >= 0.3 is 0 Å². The number of unbranched alkanes of at least 4 members (excludes halogenated alkanes) is 2. The Balaban J connectivity index is 0.000000801. The van der Waals surface area contributed by atoms with E-state index in [9.17, 15) is 28.8 Å². The predicted molar refractivity (Wildman–Crippen MR) is 212 cm³/mol. The van der Waals surface area contributed by atoms with Gasteiger partial charge in [-0.3, -0.25) is 33.7 Å². The topological polar surface area (TPSA) is 226 Å². The molecule has 1 aliphatic heterocycles. The molecule has 1 aromatic carbocycles. The van der Waals surface area contributed by atoms with Crippen molar-refractivity contribution in [3.63, 3.8) is 0 Å². The smallest absolute Gasteiger partial charge is 0.242 e. The lowest BCUT2D eigenvalue weighted by atomic mass is 10.1. The van der Waals surface area contributed by atoms with Crippen LogP contribution in [0.25, 0.3) is 0 Å². The predicted octanol–water partition coefficient (Wildman–Crippen LogP) is 2.67. The fraction of sp³-hybridized carbons (Fsp3) is 0.545. The van der Waals surface area contributed by atoms with E-state index in [1.807, 2.05) is 43.3 Å². The molecule has 0 aliphatic carbocycles. The van der Waals surface area contributed by atoms with Crippen molar-refractivity contribution in [2.45, 2.75) is 70.0 Å². The summed E-state index contributed by atoms with van der Waals surface area (Å²) in [5, 5.41) is 15.3. The van der Waals surface area contributed by atoms with Crippen LogP contribution in [-0.2, 0) is 28.8 Å². The molecule has 6 amide bonds. The number of benzene rings is 1. The Bertz CT molecular complexity index is 1410. The Morgan fingerprint density at radius 3 is 2.04 bits per heavy atom. The van der Waals surface area contributed by atoms with Gasteiger partial charge in [0.25, 0.3) is 0 Å². The van der Waals surface area contributed by atoms with Crippen LogP contribution < -0.4 is 32.1 Å². The molecule has 1 heterocycles. The summed E-state index contributed by atoms with van der Waals surface area (Å²) in [6.45, 7) is 4.31. The summed E-state index contributed by atoms with van der Waals surface area (Å²) in [7, 11) is 6.34. The molecule has 16 nitrogen and oxygen atoms in total. The molecule has 1 aliphatic rings. The summed E-state index contributed by atoms with van der Waals surface area (Å²) >= 11 is 1.41. The van der Waals surface area contributed by atoms with Crippen LogP contribution in [0, 0.1) is 0 Å². The van der Waals surface area contributed by atoms with Crippen molar-refractivity contribution in [1.82, 2.24) is 26.4 Å². The van der Waals surface area contributed by atoms with Crippen LogP contribution in [0.1, 0.15) is 73.0 Å². The van der Waals surface area contributed by atoms with Gasteiger partial charge in [-0.25, -0.2) is 10.9 Å². The number of hydrogen-bond acceptors (Lipinski definition) is 14. The molecule has 1 unspecified atom stereocenters. The summed E-state index contributed by atoms with van der Waals surface area (Å²) in [6.07, 6.45) is 6.59. The number of nitrogens with two attached hydrogens (primary N) is 1. The van der Waals surface area contributed by atoms with Gasteiger partial charge in [0.15, 0.2) is 1.41 Å². The molecule has 0 aromatic heterocycles. The number of nitrogens with zero attached hydrogens (tertiary/aromatic N) is 4. The Morgan fingerprint density at radius 1 is 0.904 bits per heavy atom. The number of carbonyl (C=O) groups excluding carboxylic acids is 6. The molecular formula is C33H53N9O7S3. The van der Waals surface area contributed by atoms with Crippen LogP contribution in [0.4, 0.5) is 0 Å². The maximum absolute atomic E-state index is 11.8. The lowest BCUT2D eigenvalue weighted by Crippen LogP contribution is -2.32. The zero-order valence-electron chi connectivity index (χ0n) is 33.1. The van der Waals surface area contributed by atoms with Gasteiger partial charge in [-0.2, -0.15) is 27.1 Å². The number of carbonyl (C=O) groups is 6. The Morgan fingerprint density at radius 2 is 1.48 bits per heavy atom. The first-order chi connectivity index (χ1) is 26.5. The second-order valence-electron chi connectivity index (χ2n) is 10.6. The van der Waals surface area contributed by atoms with Gasteiger partial charge in [0.05, 0.1) is 20.3 Å². The van der Waals surface area contributed by atoms with Crippen molar-refractivity contribution in [2.75, 3.05) is 45.0 Å². The van der Waals surface area contributed by atoms with Crippen LogP contribution in [-0.4, -0.2) is 110 Å². The SMILES string of the molecule is [2H]C=NNC(=O)CCCCCN1C(=O)CC(SC)C1=O.[2H]C=NNC(=O)CCSSCCC(=O)NC.[2H]N/N=C(\C)c1ccc(OCCCC(=O)NC)cc1. The number of hydrogen-bond donors (Lipinski definition) is 5. The molecule has 290 valence electrons. The summed E-state index contributed by atoms with van der Waals surface area (Å²) < 4.78 is 25.5. The average molecular weight is 787 g/mol. The summed E-state index contributed by atoms with van der Waals surface area (Å²) in [5.41, 5.74) is 6.09. The van der Waals surface area contributed by atoms with E-state index in [1.54, 1.807) is 35.7 Å². The number of hydrazone groups is 3. The van der Waals surface area contributed by atoms with E-state index >= 15 is 0 Å². The quantitative estimate of drug-likeness (QED) is 0.0271. The molecule has 1 saturated heterocycles. The van der Waals surface area contributed by atoms with Crippen LogP contribution in [0.5, 0.6) is 5.75 Å². The lowest BCUT2D eigenvalue weighted by Gasteiger charge is -2.14.